The van der Waals surface area contributed by atoms with Gasteiger partial charge in [-0.15, -0.1) is 5.10 Å². The fraction of sp³-hybridized carbons (Fsp3) is 0.125. The van der Waals surface area contributed by atoms with Crippen LogP contribution in [0.4, 0.5) is 0 Å². The van der Waals surface area contributed by atoms with E-state index in [0.29, 0.717) is 13.1 Å². The first-order valence-corrected chi connectivity index (χ1v) is 6.96. The summed E-state index contributed by atoms with van der Waals surface area (Å²) in [6.07, 6.45) is 1.93. The lowest BCUT2D eigenvalue weighted by molar-refractivity contribution is 0.598. The van der Waals surface area contributed by atoms with Crippen LogP contribution in [0.3, 0.4) is 0 Å². The van der Waals surface area contributed by atoms with E-state index in [1.807, 2.05) is 12.3 Å². The van der Waals surface area contributed by atoms with Gasteiger partial charge in [0.2, 0.25) is 0 Å². The fourth-order valence-corrected chi connectivity index (χ4v) is 2.68. The van der Waals surface area contributed by atoms with E-state index in [4.69, 9.17) is 5.73 Å². The molecule has 0 atom stereocenters. The Morgan fingerprint density at radius 3 is 2.81 bits per heavy atom. The molecule has 0 aliphatic heterocycles. The molecule has 0 aliphatic carbocycles. The number of fused-ring (bicyclic) bond motifs is 3. The highest BCUT2D eigenvalue weighted by molar-refractivity contribution is 6.08. The van der Waals surface area contributed by atoms with Gasteiger partial charge < -0.3 is 10.7 Å². The molecule has 0 saturated carbocycles. The summed E-state index contributed by atoms with van der Waals surface area (Å²) in [7, 11) is 0. The molecule has 2 aromatic heterocycles. The van der Waals surface area contributed by atoms with E-state index < -0.39 is 0 Å². The molecule has 5 nitrogen and oxygen atoms in total. The van der Waals surface area contributed by atoms with Crippen LogP contribution < -0.4 is 5.73 Å². The highest BCUT2D eigenvalue weighted by atomic mass is 15.4. The third-order valence-corrected chi connectivity index (χ3v) is 3.70. The fourth-order valence-electron chi connectivity index (χ4n) is 2.68. The molecular formula is C16H15N5. The molecular weight excluding hydrogens is 262 g/mol. The molecule has 0 amide bonds. The van der Waals surface area contributed by atoms with E-state index >= 15 is 0 Å². The minimum atomic E-state index is 0.560. The number of benzene rings is 2. The maximum atomic E-state index is 5.54. The van der Waals surface area contributed by atoms with Crippen LogP contribution >= 0.6 is 0 Å². The Hall–Kier alpha value is -2.66. The number of nitrogens with one attached hydrogen (secondary N) is 1. The molecule has 2 aromatic carbocycles. The van der Waals surface area contributed by atoms with E-state index in [1.165, 1.54) is 10.8 Å². The Balaban J connectivity index is 1.87. The predicted molar refractivity (Wildman–Crippen MR) is 83.9 cm³/mol. The highest BCUT2D eigenvalue weighted by Gasteiger charge is 2.08. The molecule has 5 heteroatoms. The second kappa shape index (κ2) is 4.71. The van der Waals surface area contributed by atoms with Crippen LogP contribution in [0.1, 0.15) is 0 Å². The first kappa shape index (κ1) is 12.1. The lowest BCUT2D eigenvalue weighted by Crippen LogP contribution is -2.10. The van der Waals surface area contributed by atoms with Gasteiger partial charge >= 0.3 is 0 Å². The Kier molecular flexibility index (Phi) is 2.72. The summed E-state index contributed by atoms with van der Waals surface area (Å²) in [6, 6.07) is 14.6. The zero-order valence-electron chi connectivity index (χ0n) is 11.5. The Labute approximate surface area is 121 Å². The second-order valence-electron chi connectivity index (χ2n) is 5.09. The minimum absolute atomic E-state index is 0.560. The van der Waals surface area contributed by atoms with Crippen molar-refractivity contribution in [2.45, 2.75) is 6.54 Å². The van der Waals surface area contributed by atoms with Crippen molar-refractivity contribution in [3.8, 4) is 11.3 Å². The third kappa shape index (κ3) is 1.98. The molecule has 4 rings (SSSR count). The van der Waals surface area contributed by atoms with Crippen LogP contribution in [-0.4, -0.2) is 26.5 Å². The average Bonchev–Trinajstić information content (AvgIpc) is 3.11. The molecule has 0 radical (unpaired) electrons. The maximum Gasteiger partial charge on any atom is 0.113 e. The standard InChI is InChI=1S/C16H15N5/c17-7-8-21-10-16(19-20-21)11-5-6-15-13(9-11)12-3-1-2-4-14(12)18-15/h1-6,9-10,18H,7-8,17H2. The highest BCUT2D eigenvalue weighted by Crippen LogP contribution is 2.29. The first-order chi connectivity index (χ1) is 10.3. The van der Waals surface area contributed by atoms with Crippen LogP contribution in [0, 0.1) is 0 Å². The summed E-state index contributed by atoms with van der Waals surface area (Å²) < 4.78 is 1.77. The predicted octanol–water partition coefficient (Wildman–Crippen LogP) is 2.54. The molecule has 21 heavy (non-hydrogen) atoms. The van der Waals surface area contributed by atoms with Gasteiger partial charge in [0.25, 0.3) is 0 Å². The maximum absolute atomic E-state index is 5.54. The van der Waals surface area contributed by atoms with E-state index in [-0.39, 0.29) is 0 Å². The molecule has 0 saturated heterocycles. The zero-order chi connectivity index (χ0) is 14.2. The molecule has 0 fully saturated rings. The number of aromatic amines is 1. The van der Waals surface area contributed by atoms with Crippen molar-refractivity contribution in [3.63, 3.8) is 0 Å². The van der Waals surface area contributed by atoms with E-state index in [9.17, 15) is 0 Å². The quantitative estimate of drug-likeness (QED) is 0.604. The first-order valence-electron chi connectivity index (χ1n) is 6.96. The average molecular weight is 277 g/mol. The number of hydrogen-bond acceptors (Lipinski definition) is 3. The number of aromatic nitrogens is 4. The van der Waals surface area contributed by atoms with Gasteiger partial charge in [0, 0.05) is 33.9 Å². The monoisotopic (exact) mass is 277 g/mol. The van der Waals surface area contributed by atoms with E-state index in [1.54, 1.807) is 4.68 Å². The van der Waals surface area contributed by atoms with Crippen LogP contribution in [0.15, 0.2) is 48.7 Å². The number of rotatable bonds is 3. The summed E-state index contributed by atoms with van der Waals surface area (Å²) >= 11 is 0. The van der Waals surface area contributed by atoms with Crippen molar-refractivity contribution < 1.29 is 0 Å². The lowest BCUT2D eigenvalue weighted by atomic mass is 10.1. The number of H-pyrrole nitrogens is 1. The van der Waals surface area contributed by atoms with Gasteiger partial charge in [-0.2, -0.15) is 0 Å². The Bertz CT molecular complexity index is 919. The number of hydrogen-bond donors (Lipinski definition) is 2. The van der Waals surface area contributed by atoms with Gasteiger partial charge in [0.1, 0.15) is 5.69 Å². The summed E-state index contributed by atoms with van der Waals surface area (Å²) in [5, 5.41) is 10.7. The van der Waals surface area contributed by atoms with Gasteiger partial charge in [-0.05, 0) is 18.2 Å². The van der Waals surface area contributed by atoms with E-state index in [0.717, 1.165) is 22.3 Å². The number of nitrogens with two attached hydrogens (primary N) is 1. The van der Waals surface area contributed by atoms with Gasteiger partial charge in [-0.25, -0.2) is 0 Å². The second-order valence-corrected chi connectivity index (χ2v) is 5.09. The third-order valence-electron chi connectivity index (χ3n) is 3.70. The van der Waals surface area contributed by atoms with Crippen LogP contribution in [0.25, 0.3) is 33.1 Å². The molecule has 104 valence electrons. The van der Waals surface area contributed by atoms with Crippen molar-refractivity contribution in [3.05, 3.63) is 48.7 Å². The van der Waals surface area contributed by atoms with Gasteiger partial charge in [0.15, 0.2) is 0 Å². The zero-order valence-corrected chi connectivity index (χ0v) is 11.5. The molecule has 0 bridgehead atoms. The largest absolute Gasteiger partial charge is 0.355 e. The molecule has 4 aromatic rings. The van der Waals surface area contributed by atoms with Crippen LogP contribution in [-0.2, 0) is 6.54 Å². The molecule has 2 heterocycles. The van der Waals surface area contributed by atoms with Gasteiger partial charge in [0.05, 0.1) is 12.7 Å². The Morgan fingerprint density at radius 1 is 1.05 bits per heavy atom. The van der Waals surface area contributed by atoms with Crippen LogP contribution in [0.5, 0.6) is 0 Å². The van der Waals surface area contributed by atoms with Crippen LogP contribution in [0.2, 0.25) is 0 Å². The normalized spacial score (nSPS) is 11.5. The van der Waals surface area contributed by atoms with Gasteiger partial charge in [-0.3, -0.25) is 4.68 Å². The molecule has 0 aliphatic rings. The van der Waals surface area contributed by atoms with Crippen molar-refractivity contribution in [1.29, 1.82) is 0 Å². The summed E-state index contributed by atoms with van der Waals surface area (Å²) in [6.45, 7) is 1.24. The van der Waals surface area contributed by atoms with E-state index in [2.05, 4.69) is 51.7 Å². The minimum Gasteiger partial charge on any atom is -0.355 e. The number of nitrogens with zero attached hydrogens (tertiary/aromatic N) is 3. The smallest absolute Gasteiger partial charge is 0.113 e. The van der Waals surface area contributed by atoms with Crippen molar-refractivity contribution in [2.24, 2.45) is 5.73 Å². The van der Waals surface area contributed by atoms with Crippen molar-refractivity contribution >= 4 is 21.8 Å². The summed E-state index contributed by atoms with van der Waals surface area (Å²) in [5.41, 5.74) is 9.76. The lowest BCUT2D eigenvalue weighted by Gasteiger charge is -1.97. The van der Waals surface area contributed by atoms with Crippen molar-refractivity contribution in [1.82, 2.24) is 20.0 Å². The molecule has 0 spiro atoms. The molecule has 3 N–H and O–H groups in total. The SMILES string of the molecule is NCCn1cc(-c2ccc3[nH]c4ccccc4c3c2)nn1. The van der Waals surface area contributed by atoms with Gasteiger partial charge in [-0.1, -0.05) is 29.5 Å². The van der Waals surface area contributed by atoms with Crippen molar-refractivity contribution in [2.75, 3.05) is 6.54 Å². The topological polar surface area (TPSA) is 72.5 Å². The Morgan fingerprint density at radius 2 is 1.90 bits per heavy atom. The molecule has 0 unspecified atom stereocenters. The number of para-hydroxylation sites is 1. The summed E-state index contributed by atoms with van der Waals surface area (Å²) in [4.78, 5) is 3.42. The summed E-state index contributed by atoms with van der Waals surface area (Å²) in [5.74, 6) is 0.